The van der Waals surface area contributed by atoms with Crippen molar-refractivity contribution in [3.05, 3.63) is 60.2 Å². The van der Waals surface area contributed by atoms with Crippen LogP contribution in [0, 0.1) is 0 Å². The first-order valence-electron chi connectivity index (χ1n) is 7.53. The van der Waals surface area contributed by atoms with Crippen LogP contribution in [-0.4, -0.2) is 24.1 Å². The number of amides is 1. The van der Waals surface area contributed by atoms with Crippen LogP contribution >= 0.6 is 0 Å². The van der Waals surface area contributed by atoms with Crippen LogP contribution in [0.1, 0.15) is 18.6 Å². The summed E-state index contributed by atoms with van der Waals surface area (Å²) in [5.74, 6) is -0.444. The molecular formula is C18H17NO5. The van der Waals surface area contributed by atoms with Crippen molar-refractivity contribution in [3.63, 3.8) is 0 Å². The van der Waals surface area contributed by atoms with Crippen molar-refractivity contribution < 1.29 is 23.8 Å². The van der Waals surface area contributed by atoms with Gasteiger partial charge in [0.2, 0.25) is 12.2 Å². The quantitative estimate of drug-likeness (QED) is 0.868. The van der Waals surface area contributed by atoms with Crippen LogP contribution in [-0.2, 0) is 14.3 Å². The van der Waals surface area contributed by atoms with E-state index in [0.717, 1.165) is 0 Å². The van der Waals surface area contributed by atoms with Crippen LogP contribution in [0.2, 0.25) is 0 Å². The second-order valence-corrected chi connectivity index (χ2v) is 5.44. The lowest BCUT2D eigenvalue weighted by atomic mass is 10.1. The van der Waals surface area contributed by atoms with Crippen LogP contribution < -0.4 is 15.2 Å². The Labute approximate surface area is 139 Å². The number of nitrogens with two attached hydrogens (primary N) is 1. The Balaban J connectivity index is 1.77. The maximum absolute atomic E-state index is 12.5. The van der Waals surface area contributed by atoms with Gasteiger partial charge in [-0.3, -0.25) is 4.79 Å². The minimum Gasteiger partial charge on any atom is -0.482 e. The molecule has 0 bridgehead atoms. The first-order valence-corrected chi connectivity index (χ1v) is 7.53. The summed E-state index contributed by atoms with van der Waals surface area (Å²) in [6.45, 7) is 1.70. The third kappa shape index (κ3) is 3.17. The summed E-state index contributed by atoms with van der Waals surface area (Å²) in [6.07, 6.45) is -2.71. The SMILES string of the molecule is C[C@@H]1Oc2ccccc2O[C@H]1C(=O)O[C@@H](C(N)=O)c1ccccc1. The largest absolute Gasteiger partial charge is 0.482 e. The Bertz CT molecular complexity index is 746. The van der Waals surface area contributed by atoms with Crippen LogP contribution in [0.25, 0.3) is 0 Å². The second-order valence-electron chi connectivity index (χ2n) is 5.44. The van der Waals surface area contributed by atoms with E-state index in [-0.39, 0.29) is 0 Å². The topological polar surface area (TPSA) is 87.8 Å². The molecule has 0 unspecified atom stereocenters. The molecule has 1 aliphatic heterocycles. The van der Waals surface area contributed by atoms with Gasteiger partial charge in [0.05, 0.1) is 0 Å². The van der Waals surface area contributed by atoms with Crippen molar-refractivity contribution in [1.29, 1.82) is 0 Å². The molecule has 0 aromatic heterocycles. The molecule has 6 nitrogen and oxygen atoms in total. The van der Waals surface area contributed by atoms with Crippen LogP contribution in [0.4, 0.5) is 0 Å². The number of hydrogen-bond donors (Lipinski definition) is 1. The second kappa shape index (κ2) is 6.62. The Hall–Kier alpha value is -3.02. The molecule has 2 N–H and O–H groups in total. The summed E-state index contributed by atoms with van der Waals surface area (Å²) in [5, 5.41) is 0. The number of para-hydroxylation sites is 2. The predicted molar refractivity (Wildman–Crippen MR) is 85.4 cm³/mol. The Morgan fingerprint density at radius 2 is 1.58 bits per heavy atom. The average Bonchev–Trinajstić information content (AvgIpc) is 2.59. The molecule has 1 aliphatic rings. The molecule has 24 heavy (non-hydrogen) atoms. The van der Waals surface area contributed by atoms with Crippen molar-refractivity contribution in [1.82, 2.24) is 0 Å². The number of carbonyl (C=O) groups is 2. The van der Waals surface area contributed by atoms with Gasteiger partial charge in [-0.25, -0.2) is 4.79 Å². The van der Waals surface area contributed by atoms with E-state index in [1.807, 2.05) is 6.07 Å². The molecule has 2 aromatic carbocycles. The van der Waals surface area contributed by atoms with Crippen molar-refractivity contribution in [3.8, 4) is 11.5 Å². The fourth-order valence-electron chi connectivity index (χ4n) is 2.48. The van der Waals surface area contributed by atoms with Crippen LogP contribution in [0.15, 0.2) is 54.6 Å². The van der Waals surface area contributed by atoms with Crippen molar-refractivity contribution in [2.45, 2.75) is 25.2 Å². The number of benzene rings is 2. The van der Waals surface area contributed by atoms with Gasteiger partial charge in [0.1, 0.15) is 6.10 Å². The molecule has 1 heterocycles. The molecular weight excluding hydrogens is 310 g/mol. The molecule has 0 fully saturated rings. The third-order valence-electron chi connectivity index (χ3n) is 3.67. The highest BCUT2D eigenvalue weighted by Crippen LogP contribution is 2.34. The first-order chi connectivity index (χ1) is 11.6. The van der Waals surface area contributed by atoms with Gasteiger partial charge in [0, 0.05) is 5.56 Å². The van der Waals surface area contributed by atoms with E-state index in [1.165, 1.54) is 0 Å². The summed E-state index contributed by atoms with van der Waals surface area (Å²) in [6, 6.07) is 15.6. The summed E-state index contributed by atoms with van der Waals surface area (Å²) in [7, 11) is 0. The molecule has 1 amide bonds. The first kappa shape index (κ1) is 15.9. The van der Waals surface area contributed by atoms with Gasteiger partial charge < -0.3 is 19.9 Å². The number of carbonyl (C=O) groups excluding carboxylic acids is 2. The highest BCUT2D eigenvalue weighted by atomic mass is 16.6. The highest BCUT2D eigenvalue weighted by molar-refractivity contribution is 5.85. The van der Waals surface area contributed by atoms with E-state index in [4.69, 9.17) is 19.9 Å². The van der Waals surface area contributed by atoms with Crippen molar-refractivity contribution >= 4 is 11.9 Å². The zero-order valence-electron chi connectivity index (χ0n) is 13.0. The molecule has 0 saturated heterocycles. The Morgan fingerprint density at radius 3 is 2.21 bits per heavy atom. The van der Waals surface area contributed by atoms with Crippen molar-refractivity contribution in [2.75, 3.05) is 0 Å². The normalized spacial score (nSPS) is 20.0. The number of primary amides is 1. The summed E-state index contributed by atoms with van der Waals surface area (Å²) >= 11 is 0. The molecule has 0 aliphatic carbocycles. The lowest BCUT2D eigenvalue weighted by Gasteiger charge is -2.31. The van der Waals surface area contributed by atoms with E-state index in [1.54, 1.807) is 55.5 Å². The van der Waals surface area contributed by atoms with Gasteiger partial charge in [-0.1, -0.05) is 42.5 Å². The predicted octanol–water partition coefficient (Wildman–Crippen LogP) is 1.98. The van der Waals surface area contributed by atoms with Crippen LogP contribution in [0.3, 0.4) is 0 Å². The highest BCUT2D eigenvalue weighted by Gasteiger charge is 2.37. The van der Waals surface area contributed by atoms with Gasteiger partial charge >= 0.3 is 5.97 Å². The standard InChI is InChI=1S/C18H17NO5/c1-11-15(23-14-10-6-5-9-13(14)22-11)18(21)24-16(17(19)20)12-7-3-2-4-8-12/h2-11,15-16H,1H3,(H2,19,20)/t11-,15+,16+/m0/s1. The van der Waals surface area contributed by atoms with Gasteiger partial charge in [-0.15, -0.1) is 0 Å². The summed E-state index contributed by atoms with van der Waals surface area (Å²) in [5.41, 5.74) is 5.87. The molecule has 6 heteroatoms. The molecule has 3 rings (SSSR count). The van der Waals surface area contributed by atoms with E-state index in [9.17, 15) is 9.59 Å². The number of fused-ring (bicyclic) bond motifs is 1. The number of rotatable bonds is 4. The smallest absolute Gasteiger partial charge is 0.352 e. The molecule has 0 saturated carbocycles. The lowest BCUT2D eigenvalue weighted by Crippen LogP contribution is -2.45. The van der Waals surface area contributed by atoms with E-state index in [2.05, 4.69) is 0 Å². The van der Waals surface area contributed by atoms with Crippen molar-refractivity contribution in [2.24, 2.45) is 5.73 Å². The zero-order valence-corrected chi connectivity index (χ0v) is 13.0. The van der Waals surface area contributed by atoms with E-state index in [0.29, 0.717) is 17.1 Å². The van der Waals surface area contributed by atoms with Crippen LogP contribution in [0.5, 0.6) is 11.5 Å². The fourth-order valence-corrected chi connectivity index (χ4v) is 2.48. The maximum atomic E-state index is 12.5. The minimum atomic E-state index is -1.17. The van der Waals surface area contributed by atoms with Gasteiger partial charge in [-0.2, -0.15) is 0 Å². The number of ether oxygens (including phenoxy) is 3. The van der Waals surface area contributed by atoms with E-state index < -0.39 is 30.2 Å². The number of esters is 1. The molecule has 2 aromatic rings. The molecule has 0 spiro atoms. The van der Waals surface area contributed by atoms with E-state index >= 15 is 0 Å². The van der Waals surface area contributed by atoms with Gasteiger partial charge in [0.15, 0.2) is 11.5 Å². The lowest BCUT2D eigenvalue weighted by molar-refractivity contribution is -0.167. The molecule has 3 atom stereocenters. The molecule has 0 radical (unpaired) electrons. The van der Waals surface area contributed by atoms with Gasteiger partial charge in [0.25, 0.3) is 5.91 Å². The Kier molecular flexibility index (Phi) is 4.37. The summed E-state index contributed by atoms with van der Waals surface area (Å²) < 4.78 is 16.6. The summed E-state index contributed by atoms with van der Waals surface area (Å²) in [4.78, 5) is 24.1. The monoisotopic (exact) mass is 327 g/mol. The zero-order chi connectivity index (χ0) is 17.1. The average molecular weight is 327 g/mol. The molecule has 124 valence electrons. The Morgan fingerprint density at radius 1 is 1.00 bits per heavy atom. The number of hydrogen-bond acceptors (Lipinski definition) is 5. The van der Waals surface area contributed by atoms with Gasteiger partial charge in [-0.05, 0) is 19.1 Å². The fraction of sp³-hybridized carbons (Fsp3) is 0.222. The third-order valence-corrected chi connectivity index (χ3v) is 3.67. The maximum Gasteiger partial charge on any atom is 0.352 e. The minimum absolute atomic E-state index is 0.452.